The van der Waals surface area contributed by atoms with Gasteiger partial charge in [0, 0.05) is 25.6 Å². The van der Waals surface area contributed by atoms with E-state index in [1.165, 1.54) is 0 Å². The Morgan fingerprint density at radius 1 is 1.19 bits per heavy atom. The van der Waals surface area contributed by atoms with Crippen molar-refractivity contribution in [1.82, 2.24) is 4.90 Å². The number of ether oxygens (including phenoxy) is 2. The predicted octanol–water partition coefficient (Wildman–Crippen LogP) is 2.28. The van der Waals surface area contributed by atoms with E-state index in [1.54, 1.807) is 12.0 Å². The molecule has 0 aliphatic carbocycles. The quantitative estimate of drug-likeness (QED) is 0.864. The van der Waals surface area contributed by atoms with E-state index in [1.807, 2.05) is 54.6 Å². The summed E-state index contributed by atoms with van der Waals surface area (Å²) < 4.78 is 11.1. The second-order valence-corrected chi connectivity index (χ2v) is 6.71. The van der Waals surface area contributed by atoms with Gasteiger partial charge in [-0.2, -0.15) is 0 Å². The lowest BCUT2D eigenvalue weighted by atomic mass is 9.93. The Balaban J connectivity index is 1.76. The van der Waals surface area contributed by atoms with E-state index in [0.29, 0.717) is 38.3 Å². The van der Waals surface area contributed by atoms with E-state index in [0.717, 1.165) is 11.1 Å². The largest absolute Gasteiger partial charge is 0.393 e. The minimum atomic E-state index is -0.764. The number of carbonyl (C=O) groups excluding carboxylic acids is 1. The van der Waals surface area contributed by atoms with Gasteiger partial charge in [0.2, 0.25) is 0 Å². The number of nitrogens with zero attached hydrogens (tertiary/aromatic N) is 1. The monoisotopic (exact) mass is 355 g/mol. The third-order valence-corrected chi connectivity index (χ3v) is 4.68. The van der Waals surface area contributed by atoms with Gasteiger partial charge in [-0.15, -0.1) is 0 Å². The highest BCUT2D eigenvalue weighted by Gasteiger charge is 2.38. The first-order valence-electron chi connectivity index (χ1n) is 8.82. The summed E-state index contributed by atoms with van der Waals surface area (Å²) in [6, 6.07) is 17.4. The van der Waals surface area contributed by atoms with Gasteiger partial charge >= 0.3 is 0 Å². The Morgan fingerprint density at radius 2 is 1.96 bits per heavy atom. The van der Waals surface area contributed by atoms with E-state index < -0.39 is 5.60 Å². The van der Waals surface area contributed by atoms with E-state index in [-0.39, 0.29) is 12.5 Å². The molecule has 1 saturated heterocycles. The van der Waals surface area contributed by atoms with Crippen molar-refractivity contribution < 1.29 is 19.4 Å². The maximum absolute atomic E-state index is 13.0. The zero-order valence-electron chi connectivity index (χ0n) is 15.1. The molecule has 5 nitrogen and oxygen atoms in total. The van der Waals surface area contributed by atoms with Crippen LogP contribution in [-0.4, -0.2) is 54.9 Å². The maximum Gasteiger partial charge on any atom is 0.254 e. The first-order valence-corrected chi connectivity index (χ1v) is 8.82. The van der Waals surface area contributed by atoms with Gasteiger partial charge in [-0.3, -0.25) is 4.79 Å². The lowest BCUT2D eigenvalue weighted by molar-refractivity contribution is -0.123. The van der Waals surface area contributed by atoms with Crippen LogP contribution in [0.15, 0.2) is 54.6 Å². The second kappa shape index (κ2) is 8.45. The molecule has 26 heavy (non-hydrogen) atoms. The Kier molecular flexibility index (Phi) is 6.04. The van der Waals surface area contributed by atoms with Crippen LogP contribution < -0.4 is 0 Å². The van der Waals surface area contributed by atoms with Crippen molar-refractivity contribution in [2.75, 3.05) is 33.4 Å². The summed E-state index contributed by atoms with van der Waals surface area (Å²) in [7, 11) is 1.63. The third-order valence-electron chi connectivity index (χ3n) is 4.68. The number of hydrogen-bond acceptors (Lipinski definition) is 4. The molecule has 0 aromatic heterocycles. The molecule has 1 aliphatic heterocycles. The van der Waals surface area contributed by atoms with Crippen molar-refractivity contribution >= 4 is 5.91 Å². The number of rotatable bonds is 6. The van der Waals surface area contributed by atoms with Gasteiger partial charge in [0.05, 0.1) is 26.4 Å². The molecule has 5 heteroatoms. The smallest absolute Gasteiger partial charge is 0.254 e. The first kappa shape index (κ1) is 18.6. The van der Waals surface area contributed by atoms with Crippen LogP contribution in [0.1, 0.15) is 21.5 Å². The van der Waals surface area contributed by atoms with E-state index in [4.69, 9.17) is 9.47 Å². The first-order chi connectivity index (χ1) is 12.7. The molecule has 1 atom stereocenters. The average Bonchev–Trinajstić information content (AvgIpc) is 2.69. The molecule has 138 valence electrons. The number of methoxy groups -OCH3 is 1. The highest BCUT2D eigenvalue weighted by Crippen LogP contribution is 2.24. The lowest BCUT2D eigenvalue weighted by Crippen LogP contribution is -2.56. The van der Waals surface area contributed by atoms with E-state index in [2.05, 4.69) is 0 Å². The van der Waals surface area contributed by atoms with Crippen molar-refractivity contribution in [3.05, 3.63) is 71.3 Å². The molecule has 1 heterocycles. The summed E-state index contributed by atoms with van der Waals surface area (Å²) in [6.45, 7) is 1.64. The molecule has 2 aromatic rings. The Labute approximate surface area is 154 Å². The molecule has 3 rings (SSSR count). The topological polar surface area (TPSA) is 59.0 Å². The zero-order valence-corrected chi connectivity index (χ0v) is 15.1. The van der Waals surface area contributed by atoms with E-state index in [9.17, 15) is 9.90 Å². The molecule has 0 saturated carbocycles. The molecule has 0 bridgehead atoms. The Hall–Kier alpha value is -2.21. The molecule has 0 radical (unpaired) electrons. The van der Waals surface area contributed by atoms with Crippen LogP contribution in [0.4, 0.5) is 0 Å². The van der Waals surface area contributed by atoms with Crippen molar-refractivity contribution in [2.45, 2.75) is 18.6 Å². The molecular weight excluding hydrogens is 330 g/mol. The fourth-order valence-corrected chi connectivity index (χ4v) is 3.39. The Bertz CT molecular complexity index is 734. The molecule has 2 aromatic carbocycles. The van der Waals surface area contributed by atoms with Crippen LogP contribution >= 0.6 is 0 Å². The summed E-state index contributed by atoms with van der Waals surface area (Å²) >= 11 is 0. The van der Waals surface area contributed by atoms with Crippen LogP contribution in [0, 0.1) is 0 Å². The molecule has 1 amide bonds. The van der Waals surface area contributed by atoms with Gasteiger partial charge in [0.25, 0.3) is 5.91 Å². The number of morpholine rings is 1. The highest BCUT2D eigenvalue weighted by atomic mass is 16.5. The molecular formula is C21H25NO4. The number of aliphatic hydroxyl groups excluding tert-OH is 1. The van der Waals surface area contributed by atoms with Crippen LogP contribution in [0.25, 0.3) is 0 Å². The number of aliphatic hydroxyl groups is 1. The average molecular weight is 355 g/mol. The summed E-state index contributed by atoms with van der Waals surface area (Å²) in [5.41, 5.74) is 1.91. The standard InChI is InChI=1S/C21H25NO4/c1-25-14-18-8-5-9-19(12-18)20(24)22-10-11-26-21(15-22,16-23)13-17-6-3-2-4-7-17/h2-9,12,23H,10-11,13-16H2,1H3/t21-/m1/s1. The highest BCUT2D eigenvalue weighted by molar-refractivity contribution is 5.94. The zero-order chi connectivity index (χ0) is 18.4. The number of hydrogen-bond donors (Lipinski definition) is 1. The van der Waals surface area contributed by atoms with Crippen LogP contribution in [0.2, 0.25) is 0 Å². The SMILES string of the molecule is COCc1cccc(C(=O)N2CCO[C@](CO)(Cc3ccccc3)C2)c1. The van der Waals surface area contributed by atoms with Crippen molar-refractivity contribution in [2.24, 2.45) is 0 Å². The number of benzene rings is 2. The van der Waals surface area contributed by atoms with Crippen LogP contribution in [0.5, 0.6) is 0 Å². The minimum Gasteiger partial charge on any atom is -0.393 e. The van der Waals surface area contributed by atoms with Gasteiger partial charge in [-0.1, -0.05) is 42.5 Å². The second-order valence-electron chi connectivity index (χ2n) is 6.71. The molecule has 0 spiro atoms. The summed E-state index contributed by atoms with van der Waals surface area (Å²) in [6.07, 6.45) is 0.567. The minimum absolute atomic E-state index is 0.0443. The van der Waals surface area contributed by atoms with Gasteiger partial charge in [-0.25, -0.2) is 0 Å². The predicted molar refractivity (Wildman–Crippen MR) is 99.0 cm³/mol. The number of carbonyl (C=O) groups is 1. The van der Waals surface area contributed by atoms with Crippen molar-refractivity contribution in [3.63, 3.8) is 0 Å². The Morgan fingerprint density at radius 3 is 2.69 bits per heavy atom. The molecule has 1 fully saturated rings. The van der Waals surface area contributed by atoms with Gasteiger partial charge in [0.15, 0.2) is 0 Å². The normalized spacial score (nSPS) is 20.2. The van der Waals surface area contributed by atoms with Gasteiger partial charge < -0.3 is 19.5 Å². The summed E-state index contributed by atoms with van der Waals surface area (Å²) in [5.74, 6) is -0.0443. The van der Waals surface area contributed by atoms with Gasteiger partial charge in [-0.05, 0) is 23.3 Å². The molecule has 0 unspecified atom stereocenters. The van der Waals surface area contributed by atoms with E-state index >= 15 is 0 Å². The number of amides is 1. The maximum atomic E-state index is 13.0. The molecule has 1 N–H and O–H groups in total. The summed E-state index contributed by atoms with van der Waals surface area (Å²) in [4.78, 5) is 14.7. The fraction of sp³-hybridized carbons (Fsp3) is 0.381. The van der Waals surface area contributed by atoms with Crippen LogP contribution in [0.3, 0.4) is 0 Å². The van der Waals surface area contributed by atoms with Gasteiger partial charge in [0.1, 0.15) is 5.60 Å². The summed E-state index contributed by atoms with van der Waals surface area (Å²) in [5, 5.41) is 10.0. The fourth-order valence-electron chi connectivity index (χ4n) is 3.39. The van der Waals surface area contributed by atoms with Crippen LogP contribution in [-0.2, 0) is 22.5 Å². The van der Waals surface area contributed by atoms with Crippen molar-refractivity contribution in [3.8, 4) is 0 Å². The van der Waals surface area contributed by atoms with Crippen molar-refractivity contribution in [1.29, 1.82) is 0 Å². The molecule has 1 aliphatic rings. The third kappa shape index (κ3) is 4.30. The lowest BCUT2D eigenvalue weighted by Gasteiger charge is -2.42.